The maximum absolute atomic E-state index is 13.6. The van der Waals surface area contributed by atoms with E-state index in [1.54, 1.807) is 6.07 Å². The Hall–Kier alpha value is -1.94. The van der Waals surface area contributed by atoms with E-state index in [0.29, 0.717) is 9.50 Å². The Morgan fingerprint density at radius 1 is 0.571 bits per heavy atom. The number of hydrogen-bond acceptors (Lipinski definition) is 0. The molecule has 0 fully saturated rings. The molecule has 0 bridgehead atoms. The molecule has 0 heterocycles. The Kier molecular flexibility index (Phi) is 5.68. The lowest BCUT2D eigenvalue weighted by molar-refractivity contribution is 0.627. The zero-order chi connectivity index (χ0) is 19.7. The van der Waals surface area contributed by atoms with Gasteiger partial charge in [-0.15, -0.1) is 0 Å². The van der Waals surface area contributed by atoms with Crippen molar-refractivity contribution < 1.29 is 4.39 Å². The molecule has 0 atom stereocenters. The third-order valence-electron chi connectivity index (χ3n) is 4.54. The Balaban J connectivity index is 1.99. The van der Waals surface area contributed by atoms with Gasteiger partial charge in [-0.2, -0.15) is 0 Å². The van der Waals surface area contributed by atoms with Gasteiger partial charge in [-0.05, 0) is 70.3 Å². The minimum absolute atomic E-state index is 0.274. The van der Waals surface area contributed by atoms with Gasteiger partial charge in [-0.1, -0.05) is 85.9 Å². The first-order valence-electron chi connectivity index (χ1n) is 8.63. The Labute approximate surface area is 185 Å². The van der Waals surface area contributed by atoms with Crippen molar-refractivity contribution in [1.29, 1.82) is 0 Å². The van der Waals surface area contributed by atoms with Crippen molar-refractivity contribution in [2.75, 3.05) is 0 Å². The second kappa shape index (κ2) is 8.20. The quantitative estimate of drug-likeness (QED) is 0.255. The summed E-state index contributed by atoms with van der Waals surface area (Å²) in [5, 5.41) is 0.691. The molecule has 0 aliphatic carbocycles. The summed E-state index contributed by atoms with van der Waals surface area (Å²) in [5.41, 5.74) is 5.99. The van der Waals surface area contributed by atoms with E-state index in [0.717, 1.165) is 37.9 Å². The van der Waals surface area contributed by atoms with Crippen LogP contribution in [0.5, 0.6) is 0 Å². The summed E-state index contributed by atoms with van der Waals surface area (Å²) in [7, 11) is 0. The summed E-state index contributed by atoms with van der Waals surface area (Å²) in [5.74, 6) is -0.274. The molecule has 0 nitrogen and oxygen atoms in total. The molecule has 0 aliphatic rings. The fraction of sp³-hybridized carbons (Fsp3) is 0. The molecular weight excluding hydrogens is 503 g/mol. The molecule has 138 valence electrons. The van der Waals surface area contributed by atoms with E-state index in [9.17, 15) is 4.39 Å². The number of rotatable bonds is 3. The SMILES string of the molecule is Fc1ccc(-c2cc(-c3ccccc3Cl)cc(-c3ccccc3Br)c2)c(Br)c1. The lowest BCUT2D eigenvalue weighted by Gasteiger charge is -2.14. The normalized spacial score (nSPS) is 10.9. The summed E-state index contributed by atoms with van der Waals surface area (Å²) in [6.45, 7) is 0. The van der Waals surface area contributed by atoms with Crippen LogP contribution in [-0.4, -0.2) is 0 Å². The highest BCUT2D eigenvalue weighted by atomic mass is 79.9. The monoisotopic (exact) mass is 514 g/mol. The van der Waals surface area contributed by atoms with Crippen molar-refractivity contribution in [2.24, 2.45) is 0 Å². The molecular formula is C24H14Br2ClF. The zero-order valence-corrected chi connectivity index (χ0v) is 18.5. The lowest BCUT2D eigenvalue weighted by Crippen LogP contribution is -1.89. The molecule has 4 aromatic rings. The minimum atomic E-state index is -0.274. The van der Waals surface area contributed by atoms with Gasteiger partial charge in [0.2, 0.25) is 0 Å². The maximum Gasteiger partial charge on any atom is 0.124 e. The van der Waals surface area contributed by atoms with Crippen molar-refractivity contribution in [2.45, 2.75) is 0 Å². The highest BCUT2D eigenvalue weighted by Crippen LogP contribution is 2.39. The van der Waals surface area contributed by atoms with Crippen molar-refractivity contribution in [3.05, 3.63) is 105 Å². The van der Waals surface area contributed by atoms with Crippen LogP contribution in [-0.2, 0) is 0 Å². The van der Waals surface area contributed by atoms with Crippen molar-refractivity contribution in [3.8, 4) is 33.4 Å². The fourth-order valence-electron chi connectivity index (χ4n) is 3.21. The van der Waals surface area contributed by atoms with E-state index >= 15 is 0 Å². The number of benzene rings is 4. The molecule has 4 heteroatoms. The highest BCUT2D eigenvalue weighted by Gasteiger charge is 2.12. The predicted octanol–water partition coefficient (Wildman–Crippen LogP) is 9.01. The summed E-state index contributed by atoms with van der Waals surface area (Å²) < 4.78 is 15.3. The van der Waals surface area contributed by atoms with E-state index in [1.165, 1.54) is 12.1 Å². The predicted molar refractivity (Wildman–Crippen MR) is 123 cm³/mol. The van der Waals surface area contributed by atoms with Crippen LogP contribution >= 0.6 is 43.5 Å². The Bertz CT molecular complexity index is 1110. The summed E-state index contributed by atoms with van der Waals surface area (Å²) in [6, 6.07) is 26.9. The molecule has 0 unspecified atom stereocenters. The van der Waals surface area contributed by atoms with E-state index in [4.69, 9.17) is 11.6 Å². The molecule has 4 aromatic carbocycles. The van der Waals surface area contributed by atoms with Gasteiger partial charge in [-0.25, -0.2) is 4.39 Å². The van der Waals surface area contributed by atoms with Crippen molar-refractivity contribution in [3.63, 3.8) is 0 Å². The first-order chi connectivity index (χ1) is 13.5. The third-order valence-corrected chi connectivity index (χ3v) is 6.22. The molecule has 0 aliphatic heterocycles. The van der Waals surface area contributed by atoms with Crippen LogP contribution in [0.25, 0.3) is 33.4 Å². The molecule has 0 spiro atoms. The van der Waals surface area contributed by atoms with E-state index < -0.39 is 0 Å². The van der Waals surface area contributed by atoms with E-state index in [-0.39, 0.29) is 5.82 Å². The van der Waals surface area contributed by atoms with Crippen LogP contribution in [0.3, 0.4) is 0 Å². The standard InChI is InChI=1S/C24H14Br2ClF/c25-22-7-3-1-5-19(22)15-11-16(20-10-9-18(28)14-23(20)26)13-17(12-15)21-6-2-4-8-24(21)27/h1-14H. The van der Waals surface area contributed by atoms with Crippen LogP contribution in [0.4, 0.5) is 4.39 Å². The van der Waals surface area contributed by atoms with Gasteiger partial charge < -0.3 is 0 Å². The topological polar surface area (TPSA) is 0 Å². The van der Waals surface area contributed by atoms with Crippen LogP contribution < -0.4 is 0 Å². The van der Waals surface area contributed by atoms with Crippen LogP contribution in [0.1, 0.15) is 0 Å². The summed E-state index contributed by atoms with van der Waals surface area (Å²) in [4.78, 5) is 0. The molecule has 0 N–H and O–H groups in total. The largest absolute Gasteiger partial charge is 0.207 e. The van der Waals surface area contributed by atoms with Gasteiger partial charge in [0.15, 0.2) is 0 Å². The average molecular weight is 517 g/mol. The molecule has 28 heavy (non-hydrogen) atoms. The third kappa shape index (κ3) is 3.93. The molecule has 0 amide bonds. The van der Waals surface area contributed by atoms with E-state index in [2.05, 4.69) is 56.1 Å². The van der Waals surface area contributed by atoms with Gasteiger partial charge >= 0.3 is 0 Å². The van der Waals surface area contributed by atoms with Crippen LogP contribution in [0, 0.1) is 5.82 Å². The lowest BCUT2D eigenvalue weighted by atomic mass is 9.93. The maximum atomic E-state index is 13.6. The smallest absolute Gasteiger partial charge is 0.124 e. The molecule has 0 aromatic heterocycles. The average Bonchev–Trinajstić information content (AvgIpc) is 2.68. The first kappa shape index (κ1) is 19.4. The second-order valence-corrected chi connectivity index (χ2v) is 8.50. The number of halogens is 4. The zero-order valence-electron chi connectivity index (χ0n) is 14.6. The van der Waals surface area contributed by atoms with Crippen LogP contribution in [0.2, 0.25) is 5.02 Å². The summed E-state index contributed by atoms with van der Waals surface area (Å²) in [6.07, 6.45) is 0. The Morgan fingerprint density at radius 2 is 1.11 bits per heavy atom. The van der Waals surface area contributed by atoms with Gasteiger partial charge in [0, 0.05) is 19.5 Å². The molecule has 0 radical (unpaired) electrons. The molecule has 4 rings (SSSR count). The molecule has 0 saturated heterocycles. The van der Waals surface area contributed by atoms with Gasteiger partial charge in [-0.3, -0.25) is 0 Å². The number of hydrogen-bond donors (Lipinski definition) is 0. The van der Waals surface area contributed by atoms with Gasteiger partial charge in [0.1, 0.15) is 5.82 Å². The highest BCUT2D eigenvalue weighted by molar-refractivity contribution is 9.11. The summed E-state index contributed by atoms with van der Waals surface area (Å²) >= 11 is 13.6. The van der Waals surface area contributed by atoms with Crippen LogP contribution in [0.15, 0.2) is 93.9 Å². The van der Waals surface area contributed by atoms with Crippen molar-refractivity contribution in [1.82, 2.24) is 0 Å². The second-order valence-electron chi connectivity index (χ2n) is 6.38. The minimum Gasteiger partial charge on any atom is -0.207 e. The molecule has 0 saturated carbocycles. The first-order valence-corrected chi connectivity index (χ1v) is 10.6. The Morgan fingerprint density at radius 3 is 1.71 bits per heavy atom. The van der Waals surface area contributed by atoms with Gasteiger partial charge in [0.05, 0.1) is 0 Å². The van der Waals surface area contributed by atoms with Crippen molar-refractivity contribution >= 4 is 43.5 Å². The van der Waals surface area contributed by atoms with Gasteiger partial charge in [0.25, 0.3) is 0 Å². The van der Waals surface area contributed by atoms with E-state index in [1.807, 2.05) is 42.5 Å². The fourth-order valence-corrected chi connectivity index (χ4v) is 4.55.